The predicted octanol–water partition coefficient (Wildman–Crippen LogP) is 4.88. The van der Waals surface area contributed by atoms with Gasteiger partial charge in [-0.25, -0.2) is 4.98 Å². The number of aliphatic carboxylic acids is 1. The molecule has 0 bridgehead atoms. The van der Waals surface area contributed by atoms with Crippen LogP contribution in [-0.4, -0.2) is 22.6 Å². The van der Waals surface area contributed by atoms with E-state index >= 15 is 0 Å². The van der Waals surface area contributed by atoms with Crippen molar-refractivity contribution in [3.8, 4) is 10.6 Å². The van der Waals surface area contributed by atoms with Gasteiger partial charge in [-0.1, -0.05) is 18.2 Å². The summed E-state index contributed by atoms with van der Waals surface area (Å²) in [4.78, 5) is 17.7. The minimum atomic E-state index is -4.37. The van der Waals surface area contributed by atoms with E-state index in [1.807, 2.05) is 25.1 Å². The van der Waals surface area contributed by atoms with Crippen LogP contribution in [-0.2, 0) is 23.1 Å². The molecule has 0 saturated carbocycles. The molecule has 0 saturated heterocycles. The van der Waals surface area contributed by atoms with Crippen LogP contribution in [0, 0.1) is 12.1 Å². The summed E-state index contributed by atoms with van der Waals surface area (Å²) in [5.74, 6) is -0.329. The number of alkyl halides is 3. The number of hydrogen-bond donors (Lipinski definition) is 2. The Hall–Kier alpha value is -2.40. The smallest absolute Gasteiger partial charge is 0.416 e. The number of carbonyl (C=O) groups is 1. The molecule has 0 radical (unpaired) electrons. The molecule has 0 aliphatic carbocycles. The first-order valence-electron chi connectivity index (χ1n) is 10.3. The molecular formula is C23H21F3N2O3S2. The first-order chi connectivity index (χ1) is 15.6. The first-order valence-corrected chi connectivity index (χ1v) is 12.1. The van der Waals surface area contributed by atoms with E-state index in [9.17, 15) is 23.2 Å². The van der Waals surface area contributed by atoms with E-state index in [4.69, 9.17) is 5.11 Å². The Morgan fingerprint density at radius 1 is 1.27 bits per heavy atom. The van der Waals surface area contributed by atoms with Gasteiger partial charge >= 0.3 is 12.1 Å². The van der Waals surface area contributed by atoms with Gasteiger partial charge in [0, 0.05) is 33.1 Å². The molecule has 0 amide bonds. The fraction of sp³-hybridized carbons (Fsp3) is 0.304. The van der Waals surface area contributed by atoms with Crippen molar-refractivity contribution in [1.29, 1.82) is 0 Å². The minimum absolute atomic E-state index is 0.0265. The van der Waals surface area contributed by atoms with E-state index in [1.165, 1.54) is 23.5 Å². The third-order valence-corrected chi connectivity index (χ3v) is 8.03. The van der Waals surface area contributed by atoms with Gasteiger partial charge in [0.15, 0.2) is 0 Å². The SMILES string of the molecule is Cc1nc(-c2ccc(C(F)(F)F)cc2)sc1CSc1ccc2c(c1)CC[NH+]([O-])C2CC(=O)O. The van der Waals surface area contributed by atoms with Gasteiger partial charge in [0.25, 0.3) is 0 Å². The Kier molecular flexibility index (Phi) is 6.81. The first kappa shape index (κ1) is 23.7. The fourth-order valence-corrected chi connectivity index (χ4v) is 6.04. The van der Waals surface area contributed by atoms with Crippen molar-refractivity contribution >= 4 is 29.1 Å². The highest BCUT2D eigenvalue weighted by Crippen LogP contribution is 2.36. The highest BCUT2D eigenvalue weighted by Gasteiger charge is 2.30. The summed E-state index contributed by atoms with van der Waals surface area (Å²) in [6.07, 6.45) is -3.95. The van der Waals surface area contributed by atoms with Crippen LogP contribution < -0.4 is 5.06 Å². The summed E-state index contributed by atoms with van der Waals surface area (Å²) in [5, 5.41) is 22.0. The molecule has 1 aromatic heterocycles. The lowest BCUT2D eigenvalue weighted by molar-refractivity contribution is -0.883. The zero-order valence-electron chi connectivity index (χ0n) is 17.6. The summed E-state index contributed by atoms with van der Waals surface area (Å²) in [6.45, 7) is 2.23. The standard InChI is InChI=1S/C23H21F3N2O3S2/c1-13-20(33-22(27-13)14-2-4-16(5-3-14)23(24,25)26)12-32-17-6-7-18-15(10-17)8-9-28(31)19(18)11-21(29)30/h2-7,10,19,28H,8-9,11-12H2,1H3,(H,29,30). The van der Waals surface area contributed by atoms with Gasteiger partial charge in [0.05, 0.1) is 17.8 Å². The van der Waals surface area contributed by atoms with Crippen molar-refractivity contribution in [1.82, 2.24) is 4.98 Å². The maximum atomic E-state index is 12.8. The molecule has 2 atom stereocenters. The zero-order valence-corrected chi connectivity index (χ0v) is 19.2. The number of aryl methyl sites for hydroxylation is 1. The summed E-state index contributed by atoms with van der Waals surface area (Å²) in [5.41, 5.74) is 2.62. The van der Waals surface area contributed by atoms with Gasteiger partial charge in [0.2, 0.25) is 0 Å². The summed E-state index contributed by atoms with van der Waals surface area (Å²) in [7, 11) is 0. The van der Waals surface area contributed by atoms with Gasteiger partial charge in [-0.3, -0.25) is 4.79 Å². The average molecular weight is 495 g/mol. The summed E-state index contributed by atoms with van der Waals surface area (Å²) >= 11 is 3.07. The molecule has 174 valence electrons. The highest BCUT2D eigenvalue weighted by atomic mass is 32.2. The maximum absolute atomic E-state index is 12.8. The van der Waals surface area contributed by atoms with E-state index in [1.54, 1.807) is 11.8 Å². The number of hydrogen-bond acceptors (Lipinski definition) is 5. The number of thioether (sulfide) groups is 1. The van der Waals surface area contributed by atoms with E-state index in [-0.39, 0.29) is 11.5 Å². The van der Waals surface area contributed by atoms with Gasteiger partial charge < -0.3 is 15.4 Å². The molecule has 0 fully saturated rings. The normalized spacial score (nSPS) is 18.2. The van der Waals surface area contributed by atoms with Crippen LogP contribution in [0.25, 0.3) is 10.6 Å². The molecular weight excluding hydrogens is 473 g/mol. The second kappa shape index (κ2) is 9.46. The highest BCUT2D eigenvalue weighted by molar-refractivity contribution is 7.98. The van der Waals surface area contributed by atoms with Gasteiger partial charge in [-0.15, -0.1) is 23.1 Å². The monoisotopic (exact) mass is 494 g/mol. The van der Waals surface area contributed by atoms with Crippen molar-refractivity contribution in [2.24, 2.45) is 0 Å². The average Bonchev–Trinajstić information content (AvgIpc) is 3.14. The Labute approximate surface area is 196 Å². The van der Waals surface area contributed by atoms with Crippen LogP contribution in [0.15, 0.2) is 47.4 Å². The minimum Gasteiger partial charge on any atom is -0.634 e. The molecule has 0 spiro atoms. The van der Waals surface area contributed by atoms with Crippen LogP contribution in [0.3, 0.4) is 0 Å². The van der Waals surface area contributed by atoms with Gasteiger partial charge in [-0.05, 0) is 36.8 Å². The summed E-state index contributed by atoms with van der Waals surface area (Å²) < 4.78 is 38.4. The van der Waals surface area contributed by atoms with E-state index in [2.05, 4.69) is 4.98 Å². The molecule has 3 aromatic rings. The van der Waals surface area contributed by atoms with Crippen LogP contribution in [0.5, 0.6) is 0 Å². The molecule has 1 aliphatic rings. The molecule has 2 aromatic carbocycles. The largest absolute Gasteiger partial charge is 0.634 e. The number of carboxylic acid groups (broad SMARTS) is 1. The Morgan fingerprint density at radius 3 is 2.67 bits per heavy atom. The number of quaternary nitrogens is 1. The lowest BCUT2D eigenvalue weighted by Crippen LogP contribution is -3.08. The number of nitrogens with one attached hydrogen (secondary N) is 1. The lowest BCUT2D eigenvalue weighted by Gasteiger charge is -2.36. The van der Waals surface area contributed by atoms with Gasteiger partial charge in [-0.2, -0.15) is 13.2 Å². The lowest BCUT2D eigenvalue weighted by atomic mass is 9.92. The van der Waals surface area contributed by atoms with Crippen LogP contribution in [0.2, 0.25) is 0 Å². The van der Waals surface area contributed by atoms with Crippen molar-refractivity contribution in [3.63, 3.8) is 0 Å². The second-order valence-corrected chi connectivity index (χ2v) is 10.0. The van der Waals surface area contributed by atoms with E-state index < -0.39 is 23.8 Å². The molecule has 4 rings (SSSR count). The van der Waals surface area contributed by atoms with Crippen molar-refractivity contribution in [3.05, 3.63) is 74.9 Å². The molecule has 2 unspecified atom stereocenters. The Balaban J connectivity index is 1.47. The van der Waals surface area contributed by atoms with E-state index in [0.717, 1.165) is 38.7 Å². The third-order valence-electron chi connectivity index (χ3n) is 5.62. The number of halogens is 3. The van der Waals surface area contributed by atoms with Gasteiger partial charge in [0.1, 0.15) is 17.5 Å². The number of carboxylic acids is 1. The second-order valence-electron chi connectivity index (χ2n) is 7.87. The Morgan fingerprint density at radius 2 is 2.00 bits per heavy atom. The number of rotatable bonds is 6. The van der Waals surface area contributed by atoms with Crippen LogP contribution in [0.1, 0.15) is 39.7 Å². The van der Waals surface area contributed by atoms with Crippen LogP contribution >= 0.6 is 23.1 Å². The number of hydroxylamine groups is 2. The van der Waals surface area contributed by atoms with Crippen molar-refractivity contribution in [2.75, 3.05) is 6.54 Å². The number of nitrogens with zero attached hydrogens (tertiary/aromatic N) is 1. The maximum Gasteiger partial charge on any atom is 0.416 e. The number of benzene rings is 2. The fourth-order valence-electron chi connectivity index (χ4n) is 3.87. The number of aromatic nitrogens is 1. The number of fused-ring (bicyclic) bond motifs is 1. The molecule has 33 heavy (non-hydrogen) atoms. The Bertz CT molecular complexity index is 1160. The molecule has 10 heteroatoms. The predicted molar refractivity (Wildman–Crippen MR) is 121 cm³/mol. The quantitative estimate of drug-likeness (QED) is 0.377. The topological polar surface area (TPSA) is 77.7 Å². The molecule has 2 heterocycles. The van der Waals surface area contributed by atoms with Crippen molar-refractivity contribution < 1.29 is 28.1 Å². The molecule has 5 nitrogen and oxygen atoms in total. The van der Waals surface area contributed by atoms with Crippen molar-refractivity contribution in [2.45, 2.75) is 42.6 Å². The number of thiazole rings is 1. The molecule has 1 aliphatic heterocycles. The van der Waals surface area contributed by atoms with Crippen LogP contribution in [0.4, 0.5) is 13.2 Å². The van der Waals surface area contributed by atoms with E-state index in [0.29, 0.717) is 29.3 Å². The zero-order chi connectivity index (χ0) is 23.8. The molecule has 2 N–H and O–H groups in total. The summed E-state index contributed by atoms with van der Waals surface area (Å²) in [6, 6.07) is 10.2. The third kappa shape index (κ3) is 5.40.